The van der Waals surface area contributed by atoms with Gasteiger partial charge in [-0.3, -0.25) is 13.8 Å². The Kier molecular flexibility index (Phi) is 6.84. The highest BCUT2D eigenvalue weighted by atomic mass is 32.2. The van der Waals surface area contributed by atoms with Gasteiger partial charge in [0.15, 0.2) is 0 Å². The summed E-state index contributed by atoms with van der Waals surface area (Å²) in [5.41, 5.74) is 0. The Morgan fingerprint density at radius 1 is 1.24 bits per heavy atom. The normalized spacial score (nSPS) is 25.9. The molecule has 4 unspecified atom stereocenters. The average Bonchev–Trinajstić information content (AvgIpc) is 2.45. The summed E-state index contributed by atoms with van der Waals surface area (Å²) in [5.74, 6) is 1.05. The largest absolute Gasteiger partial charge is 0.342 e. The third-order valence-electron chi connectivity index (χ3n) is 4.18. The molecule has 1 aliphatic rings. The van der Waals surface area contributed by atoms with Crippen LogP contribution in [-0.4, -0.2) is 51.1 Å². The van der Waals surface area contributed by atoms with Gasteiger partial charge in [0.2, 0.25) is 11.8 Å². The molecule has 21 heavy (non-hydrogen) atoms. The van der Waals surface area contributed by atoms with E-state index in [-0.39, 0.29) is 23.7 Å². The van der Waals surface area contributed by atoms with Crippen molar-refractivity contribution in [2.45, 2.75) is 53.1 Å². The number of rotatable bonds is 7. The second-order valence-corrected chi connectivity index (χ2v) is 7.89. The van der Waals surface area contributed by atoms with Crippen LogP contribution in [0.15, 0.2) is 0 Å². The van der Waals surface area contributed by atoms with Crippen molar-refractivity contribution in [3.8, 4) is 0 Å². The monoisotopic (exact) mass is 316 g/mol. The van der Waals surface area contributed by atoms with E-state index in [4.69, 9.17) is 0 Å². The van der Waals surface area contributed by atoms with Crippen LogP contribution in [0.4, 0.5) is 0 Å². The lowest BCUT2D eigenvalue weighted by Crippen LogP contribution is -2.66. The lowest BCUT2D eigenvalue weighted by molar-refractivity contribution is -0.152. The highest BCUT2D eigenvalue weighted by Crippen LogP contribution is 2.21. The van der Waals surface area contributed by atoms with Crippen LogP contribution in [0.3, 0.4) is 0 Å². The minimum Gasteiger partial charge on any atom is -0.342 e. The molecule has 1 N–H and O–H groups in total. The van der Waals surface area contributed by atoms with Gasteiger partial charge in [0.05, 0.1) is 0 Å². The van der Waals surface area contributed by atoms with Crippen molar-refractivity contribution in [1.29, 1.82) is 0 Å². The second kappa shape index (κ2) is 7.92. The molecule has 0 spiro atoms. The summed E-state index contributed by atoms with van der Waals surface area (Å²) in [4.78, 5) is 26.7. The first-order valence-electron chi connectivity index (χ1n) is 7.79. The summed E-state index contributed by atoms with van der Waals surface area (Å²) in [7, 11) is -0.932. The minimum absolute atomic E-state index is 0.0317. The van der Waals surface area contributed by atoms with E-state index in [0.717, 1.165) is 6.42 Å². The minimum atomic E-state index is -0.932. The Bertz CT molecular complexity index is 412. The topological polar surface area (TPSA) is 66.5 Å². The van der Waals surface area contributed by atoms with Gasteiger partial charge in [-0.25, -0.2) is 0 Å². The van der Waals surface area contributed by atoms with E-state index < -0.39 is 22.9 Å². The van der Waals surface area contributed by atoms with Crippen LogP contribution in [-0.2, 0) is 20.4 Å². The van der Waals surface area contributed by atoms with Gasteiger partial charge in [-0.1, -0.05) is 41.0 Å². The van der Waals surface area contributed by atoms with E-state index in [2.05, 4.69) is 5.32 Å². The van der Waals surface area contributed by atoms with Crippen molar-refractivity contribution in [3.63, 3.8) is 0 Å². The highest BCUT2D eigenvalue weighted by molar-refractivity contribution is 7.84. The molecule has 0 radical (unpaired) electrons. The van der Waals surface area contributed by atoms with Crippen LogP contribution in [0.25, 0.3) is 0 Å². The van der Waals surface area contributed by atoms with Crippen molar-refractivity contribution >= 4 is 22.6 Å². The SMILES string of the molecule is CCC(C)C1NC(=O)C(C(C)C)N(CCS(=O)CC)C1=O. The average molecular weight is 316 g/mol. The maximum absolute atomic E-state index is 12.7. The predicted molar refractivity (Wildman–Crippen MR) is 85.3 cm³/mol. The fraction of sp³-hybridized carbons (Fsp3) is 0.867. The van der Waals surface area contributed by atoms with Crippen LogP contribution in [0.5, 0.6) is 0 Å². The fourth-order valence-electron chi connectivity index (χ4n) is 2.64. The van der Waals surface area contributed by atoms with E-state index in [0.29, 0.717) is 18.1 Å². The van der Waals surface area contributed by atoms with Gasteiger partial charge >= 0.3 is 0 Å². The summed E-state index contributed by atoms with van der Waals surface area (Å²) < 4.78 is 11.7. The highest BCUT2D eigenvalue weighted by Gasteiger charge is 2.43. The molecule has 122 valence electrons. The Hall–Kier alpha value is -0.910. The van der Waals surface area contributed by atoms with E-state index in [1.165, 1.54) is 0 Å². The molecule has 0 aliphatic carbocycles. The first-order valence-corrected chi connectivity index (χ1v) is 9.28. The van der Waals surface area contributed by atoms with Gasteiger partial charge in [-0.05, 0) is 11.8 Å². The lowest BCUT2D eigenvalue weighted by atomic mass is 9.91. The van der Waals surface area contributed by atoms with Crippen LogP contribution in [0.1, 0.15) is 41.0 Å². The maximum Gasteiger partial charge on any atom is 0.246 e. The summed E-state index contributed by atoms with van der Waals surface area (Å²) in [6.45, 7) is 10.1. The maximum atomic E-state index is 12.7. The smallest absolute Gasteiger partial charge is 0.246 e. The second-order valence-electron chi connectivity index (χ2n) is 6.02. The van der Waals surface area contributed by atoms with E-state index in [9.17, 15) is 13.8 Å². The molecule has 0 bridgehead atoms. The number of nitrogens with one attached hydrogen (secondary N) is 1. The van der Waals surface area contributed by atoms with Crippen LogP contribution >= 0.6 is 0 Å². The molecule has 2 amide bonds. The molecule has 1 heterocycles. The van der Waals surface area contributed by atoms with Crippen LogP contribution < -0.4 is 5.32 Å². The number of nitrogens with zero attached hydrogens (tertiary/aromatic N) is 1. The molecule has 1 rings (SSSR count). The molecule has 0 aromatic carbocycles. The van der Waals surface area contributed by atoms with E-state index >= 15 is 0 Å². The molecule has 1 saturated heterocycles. The summed E-state index contributed by atoms with van der Waals surface area (Å²) in [6, 6.07) is -0.903. The standard InChI is InChI=1S/C15H28N2O3S/c1-6-11(5)12-15(19)17(8-9-21(20)7-2)13(10(3)4)14(18)16-12/h10-13H,6-9H2,1-5H3,(H,16,18). The summed E-state index contributed by atoms with van der Waals surface area (Å²) in [6.07, 6.45) is 0.831. The summed E-state index contributed by atoms with van der Waals surface area (Å²) >= 11 is 0. The lowest BCUT2D eigenvalue weighted by Gasteiger charge is -2.42. The van der Waals surface area contributed by atoms with E-state index in [1.807, 2.05) is 34.6 Å². The van der Waals surface area contributed by atoms with Crippen molar-refractivity contribution in [3.05, 3.63) is 0 Å². The Morgan fingerprint density at radius 3 is 2.33 bits per heavy atom. The molecule has 0 aromatic heterocycles. The predicted octanol–water partition coefficient (Wildman–Crippen LogP) is 1.15. The van der Waals surface area contributed by atoms with Gasteiger partial charge in [0.1, 0.15) is 12.1 Å². The molecule has 4 atom stereocenters. The van der Waals surface area contributed by atoms with Crippen molar-refractivity contribution in [2.24, 2.45) is 11.8 Å². The van der Waals surface area contributed by atoms with Crippen LogP contribution in [0.2, 0.25) is 0 Å². The zero-order valence-corrected chi connectivity index (χ0v) is 14.5. The Labute approximate surface area is 130 Å². The Morgan fingerprint density at radius 2 is 1.86 bits per heavy atom. The zero-order valence-electron chi connectivity index (χ0n) is 13.7. The van der Waals surface area contributed by atoms with Crippen molar-refractivity contribution in [1.82, 2.24) is 10.2 Å². The fourth-order valence-corrected chi connectivity index (χ4v) is 3.32. The van der Waals surface area contributed by atoms with E-state index in [1.54, 1.807) is 4.90 Å². The Balaban J connectivity index is 2.95. The first-order chi connectivity index (χ1) is 9.83. The number of carbonyl (C=O) groups is 2. The molecule has 0 saturated carbocycles. The number of amides is 2. The quantitative estimate of drug-likeness (QED) is 0.766. The third kappa shape index (κ3) is 4.28. The van der Waals surface area contributed by atoms with Crippen molar-refractivity contribution < 1.29 is 13.8 Å². The number of hydrogen-bond acceptors (Lipinski definition) is 3. The molecule has 0 aromatic rings. The molecule has 5 nitrogen and oxygen atoms in total. The van der Waals surface area contributed by atoms with Gasteiger partial charge in [0, 0.05) is 28.9 Å². The molecule has 1 fully saturated rings. The summed E-state index contributed by atoms with van der Waals surface area (Å²) in [5, 5.41) is 2.87. The van der Waals surface area contributed by atoms with Crippen molar-refractivity contribution in [2.75, 3.05) is 18.1 Å². The van der Waals surface area contributed by atoms with Crippen LogP contribution in [0, 0.1) is 11.8 Å². The number of piperazine rings is 1. The third-order valence-corrected chi connectivity index (χ3v) is 5.46. The van der Waals surface area contributed by atoms with Gasteiger partial charge in [-0.2, -0.15) is 0 Å². The number of hydrogen-bond donors (Lipinski definition) is 1. The molecule has 6 heteroatoms. The first kappa shape index (κ1) is 18.1. The van der Waals surface area contributed by atoms with Gasteiger partial charge < -0.3 is 10.2 Å². The van der Waals surface area contributed by atoms with Gasteiger partial charge in [0.25, 0.3) is 0 Å². The van der Waals surface area contributed by atoms with Gasteiger partial charge in [-0.15, -0.1) is 0 Å². The molecule has 1 aliphatic heterocycles. The number of carbonyl (C=O) groups excluding carboxylic acids is 2. The molecular formula is C15H28N2O3S. The zero-order chi connectivity index (χ0) is 16.2. The molecular weight excluding hydrogens is 288 g/mol.